The van der Waals surface area contributed by atoms with Crippen LogP contribution in [0.5, 0.6) is 0 Å². The van der Waals surface area contributed by atoms with Gasteiger partial charge in [0.1, 0.15) is 6.10 Å². The van der Waals surface area contributed by atoms with E-state index in [4.69, 9.17) is 9.15 Å². The zero-order chi connectivity index (χ0) is 20.8. The van der Waals surface area contributed by atoms with Gasteiger partial charge in [0.2, 0.25) is 17.7 Å². The predicted molar refractivity (Wildman–Crippen MR) is 108 cm³/mol. The topological polar surface area (TPSA) is 94.3 Å². The van der Waals surface area contributed by atoms with Gasteiger partial charge < -0.3 is 14.5 Å². The van der Waals surface area contributed by atoms with Gasteiger partial charge in [0, 0.05) is 24.6 Å². The normalized spacial score (nSPS) is 11.7. The first-order valence-electron chi connectivity index (χ1n) is 9.37. The number of rotatable bonds is 7. The van der Waals surface area contributed by atoms with Gasteiger partial charge in [0.05, 0.1) is 6.42 Å². The van der Waals surface area contributed by atoms with E-state index in [9.17, 15) is 9.59 Å². The molecule has 7 nitrogen and oxygen atoms in total. The lowest BCUT2D eigenvalue weighted by Gasteiger charge is -2.14. The zero-order valence-corrected chi connectivity index (χ0v) is 16.6. The van der Waals surface area contributed by atoms with E-state index in [1.165, 1.54) is 6.92 Å². The Morgan fingerprint density at radius 3 is 2.62 bits per heavy atom. The van der Waals surface area contributed by atoms with Gasteiger partial charge >= 0.3 is 5.97 Å². The first-order chi connectivity index (χ1) is 13.9. The second kappa shape index (κ2) is 9.14. The average Bonchev–Trinajstić information content (AvgIpc) is 3.15. The van der Waals surface area contributed by atoms with Crippen molar-refractivity contribution in [1.29, 1.82) is 0 Å². The molecule has 1 heterocycles. The molecule has 0 saturated heterocycles. The van der Waals surface area contributed by atoms with Crippen LogP contribution >= 0.6 is 0 Å². The maximum absolute atomic E-state index is 12.2. The Morgan fingerprint density at radius 2 is 1.90 bits per heavy atom. The zero-order valence-electron chi connectivity index (χ0n) is 16.6. The van der Waals surface area contributed by atoms with Crippen LogP contribution in [0.3, 0.4) is 0 Å². The average molecular weight is 393 g/mol. The third kappa shape index (κ3) is 5.75. The van der Waals surface area contributed by atoms with Crippen LogP contribution in [0.1, 0.15) is 43.4 Å². The van der Waals surface area contributed by atoms with Crippen molar-refractivity contribution >= 4 is 17.6 Å². The number of nitrogens with zero attached hydrogens (tertiary/aromatic N) is 2. The first-order valence-corrected chi connectivity index (χ1v) is 9.37. The molecule has 1 atom stereocenters. The summed E-state index contributed by atoms with van der Waals surface area (Å²) in [6, 6.07) is 15.0. The number of aromatic nitrogens is 2. The third-order valence-electron chi connectivity index (χ3n) is 4.29. The molecule has 0 spiro atoms. The summed E-state index contributed by atoms with van der Waals surface area (Å²) in [5.74, 6) is 0.295. The van der Waals surface area contributed by atoms with E-state index in [0.29, 0.717) is 23.9 Å². The Hall–Kier alpha value is -3.48. The number of carbonyl (C=O) groups excluding carboxylic acids is 2. The summed E-state index contributed by atoms with van der Waals surface area (Å²) < 4.78 is 11.1. The number of nitrogens with one attached hydrogen (secondary N) is 1. The second-order valence-corrected chi connectivity index (χ2v) is 6.81. The number of carbonyl (C=O) groups is 2. The molecule has 150 valence electrons. The van der Waals surface area contributed by atoms with E-state index in [0.717, 1.165) is 16.7 Å². The summed E-state index contributed by atoms with van der Waals surface area (Å²) in [5.41, 5.74) is 3.44. The van der Waals surface area contributed by atoms with Crippen molar-refractivity contribution < 1.29 is 18.7 Å². The molecule has 0 aliphatic heterocycles. The van der Waals surface area contributed by atoms with Crippen molar-refractivity contribution in [2.24, 2.45) is 0 Å². The number of amides is 1. The van der Waals surface area contributed by atoms with E-state index in [2.05, 4.69) is 15.5 Å². The van der Waals surface area contributed by atoms with Gasteiger partial charge in [-0.2, -0.15) is 0 Å². The van der Waals surface area contributed by atoms with Gasteiger partial charge in [-0.1, -0.05) is 29.8 Å². The smallest absolute Gasteiger partial charge is 0.306 e. The van der Waals surface area contributed by atoms with E-state index in [1.807, 2.05) is 37.3 Å². The minimum absolute atomic E-state index is 0.130. The van der Waals surface area contributed by atoms with Crippen LogP contribution in [-0.4, -0.2) is 22.1 Å². The maximum atomic E-state index is 12.2. The molecule has 1 amide bonds. The molecule has 0 fully saturated rings. The van der Waals surface area contributed by atoms with Gasteiger partial charge in [-0.15, -0.1) is 10.2 Å². The van der Waals surface area contributed by atoms with Crippen LogP contribution in [0.25, 0.3) is 11.5 Å². The summed E-state index contributed by atoms with van der Waals surface area (Å²) in [6.45, 7) is 5.23. The standard InChI is InChI=1S/C22H23N3O4/c1-14-7-9-17(10-8-14)22-25-24-20(29-22)11-12-21(27)28-15(2)18-5-4-6-19(13-18)23-16(3)26/h4-10,13,15H,11-12H2,1-3H3,(H,23,26). The highest BCUT2D eigenvalue weighted by Gasteiger charge is 2.15. The van der Waals surface area contributed by atoms with Crippen molar-refractivity contribution in [3.63, 3.8) is 0 Å². The molecule has 7 heteroatoms. The molecule has 0 bridgehead atoms. The van der Waals surface area contributed by atoms with E-state index in [-0.39, 0.29) is 18.3 Å². The molecular weight excluding hydrogens is 370 g/mol. The summed E-state index contributed by atoms with van der Waals surface area (Å²) in [5, 5.41) is 10.7. The highest BCUT2D eigenvalue weighted by molar-refractivity contribution is 5.88. The largest absolute Gasteiger partial charge is 0.458 e. The van der Waals surface area contributed by atoms with Gasteiger partial charge in [0.15, 0.2) is 0 Å². The maximum Gasteiger partial charge on any atom is 0.306 e. The molecule has 3 aromatic rings. The molecule has 29 heavy (non-hydrogen) atoms. The monoisotopic (exact) mass is 393 g/mol. The molecule has 0 radical (unpaired) electrons. The van der Waals surface area contributed by atoms with Crippen LogP contribution in [0.2, 0.25) is 0 Å². The Kier molecular flexibility index (Phi) is 6.39. The quantitative estimate of drug-likeness (QED) is 0.603. The molecule has 0 aliphatic rings. The summed E-state index contributed by atoms with van der Waals surface area (Å²) in [6.07, 6.45) is -0.0104. The summed E-state index contributed by atoms with van der Waals surface area (Å²) >= 11 is 0. The molecule has 1 aromatic heterocycles. The number of hydrogen-bond acceptors (Lipinski definition) is 6. The van der Waals surface area contributed by atoms with Crippen LogP contribution < -0.4 is 5.32 Å². The highest BCUT2D eigenvalue weighted by Crippen LogP contribution is 2.22. The minimum atomic E-state index is -0.443. The summed E-state index contributed by atoms with van der Waals surface area (Å²) in [4.78, 5) is 23.4. The first kappa shape index (κ1) is 20.3. The molecule has 0 saturated carbocycles. The molecule has 1 unspecified atom stereocenters. The SMILES string of the molecule is CC(=O)Nc1cccc(C(C)OC(=O)CCc2nnc(-c3ccc(C)cc3)o2)c1. The predicted octanol–water partition coefficient (Wildman–Crippen LogP) is 4.24. The Bertz CT molecular complexity index is 995. The molecule has 1 N–H and O–H groups in total. The number of anilines is 1. The van der Waals surface area contributed by atoms with Crippen LogP contribution in [0.4, 0.5) is 5.69 Å². The fourth-order valence-corrected chi connectivity index (χ4v) is 2.77. The number of ether oxygens (including phenoxy) is 1. The number of aryl methyl sites for hydroxylation is 2. The molecule has 3 rings (SSSR count). The van der Waals surface area contributed by atoms with E-state index in [1.54, 1.807) is 25.1 Å². The fourth-order valence-electron chi connectivity index (χ4n) is 2.77. The van der Waals surface area contributed by atoms with Crippen molar-refractivity contribution in [2.45, 2.75) is 39.7 Å². The minimum Gasteiger partial charge on any atom is -0.458 e. The Labute approximate surface area is 169 Å². The van der Waals surface area contributed by atoms with Gasteiger partial charge in [-0.25, -0.2) is 0 Å². The highest BCUT2D eigenvalue weighted by atomic mass is 16.5. The number of hydrogen-bond donors (Lipinski definition) is 1. The lowest BCUT2D eigenvalue weighted by molar-refractivity contribution is -0.148. The van der Waals surface area contributed by atoms with E-state index >= 15 is 0 Å². The van der Waals surface area contributed by atoms with Gasteiger partial charge in [-0.3, -0.25) is 9.59 Å². The second-order valence-electron chi connectivity index (χ2n) is 6.81. The summed E-state index contributed by atoms with van der Waals surface area (Å²) in [7, 11) is 0. The van der Waals surface area contributed by atoms with Crippen molar-refractivity contribution in [3.8, 4) is 11.5 Å². The molecular formula is C22H23N3O4. The van der Waals surface area contributed by atoms with Crippen molar-refractivity contribution in [3.05, 3.63) is 65.5 Å². The van der Waals surface area contributed by atoms with Crippen LogP contribution in [-0.2, 0) is 20.7 Å². The van der Waals surface area contributed by atoms with Gasteiger partial charge in [0.25, 0.3) is 0 Å². The molecule has 2 aromatic carbocycles. The lowest BCUT2D eigenvalue weighted by atomic mass is 10.1. The van der Waals surface area contributed by atoms with Crippen molar-refractivity contribution in [2.75, 3.05) is 5.32 Å². The van der Waals surface area contributed by atoms with E-state index < -0.39 is 6.10 Å². The Balaban J connectivity index is 1.53. The lowest BCUT2D eigenvalue weighted by Crippen LogP contribution is -2.11. The fraction of sp³-hybridized carbons (Fsp3) is 0.273. The third-order valence-corrected chi connectivity index (χ3v) is 4.29. The number of esters is 1. The van der Waals surface area contributed by atoms with Gasteiger partial charge in [-0.05, 0) is 43.7 Å². The van der Waals surface area contributed by atoms with Crippen LogP contribution in [0.15, 0.2) is 52.9 Å². The number of benzene rings is 2. The Morgan fingerprint density at radius 1 is 1.14 bits per heavy atom. The van der Waals surface area contributed by atoms with Crippen molar-refractivity contribution in [1.82, 2.24) is 10.2 Å². The van der Waals surface area contributed by atoms with Crippen LogP contribution in [0, 0.1) is 6.92 Å². The molecule has 0 aliphatic carbocycles.